The molecule has 1 unspecified atom stereocenters. The minimum absolute atomic E-state index is 0.255. The van der Waals surface area contributed by atoms with Crippen LogP contribution in [0.5, 0.6) is 0 Å². The Morgan fingerprint density at radius 3 is 2.56 bits per heavy atom. The summed E-state index contributed by atoms with van der Waals surface area (Å²) in [7, 11) is 0. The van der Waals surface area contributed by atoms with Crippen LogP contribution in [0.4, 0.5) is 0 Å². The molecule has 0 fully saturated rings. The van der Waals surface area contributed by atoms with Crippen LogP contribution in [0, 0.1) is 0 Å². The third-order valence-electron chi connectivity index (χ3n) is 3.20. The average molecular weight is 267 g/mol. The van der Waals surface area contributed by atoms with E-state index >= 15 is 0 Å². The Morgan fingerprint density at radius 1 is 1.39 bits per heavy atom. The summed E-state index contributed by atoms with van der Waals surface area (Å²) in [6, 6.07) is 7.13. The third-order valence-corrected chi connectivity index (χ3v) is 3.39. The molecule has 1 heterocycles. The van der Waals surface area contributed by atoms with Crippen LogP contribution in [0.25, 0.3) is 0 Å². The van der Waals surface area contributed by atoms with Gasteiger partial charge < -0.3 is 10.6 Å². The normalized spacial score (nSPS) is 20.1. The van der Waals surface area contributed by atoms with Gasteiger partial charge in [0.1, 0.15) is 11.4 Å². The molecule has 1 aliphatic rings. The van der Waals surface area contributed by atoms with E-state index in [2.05, 4.69) is 0 Å². The minimum Gasteiger partial charge on any atom is -0.368 e. The zero-order valence-electron chi connectivity index (χ0n) is 10.1. The molecule has 18 heavy (non-hydrogen) atoms. The predicted octanol–water partition coefficient (Wildman–Crippen LogP) is 1.05. The average Bonchev–Trinajstić information content (AvgIpc) is 2.36. The van der Waals surface area contributed by atoms with Crippen molar-refractivity contribution in [3.63, 3.8) is 0 Å². The molecule has 1 aromatic rings. The Bertz CT molecular complexity index is 488. The van der Waals surface area contributed by atoms with E-state index in [1.54, 1.807) is 6.92 Å². The smallest absolute Gasteiger partial charge is 0.241 e. The number of fused-ring (bicyclic) bond motifs is 1. The number of benzene rings is 1. The van der Waals surface area contributed by atoms with Gasteiger partial charge >= 0.3 is 0 Å². The first-order valence-corrected chi connectivity index (χ1v) is 6.25. The Kier molecular flexibility index (Phi) is 3.57. The predicted molar refractivity (Wildman–Crippen MR) is 69.0 cm³/mol. The summed E-state index contributed by atoms with van der Waals surface area (Å²) in [4.78, 5) is 25.0. The molecule has 2 rings (SSSR count). The van der Waals surface area contributed by atoms with Gasteiger partial charge in [-0.2, -0.15) is 0 Å². The first-order chi connectivity index (χ1) is 8.50. The highest BCUT2D eigenvalue weighted by atomic mass is 35.5. The van der Waals surface area contributed by atoms with Gasteiger partial charge in [-0.15, -0.1) is 11.6 Å². The van der Waals surface area contributed by atoms with E-state index in [-0.39, 0.29) is 5.91 Å². The first-order valence-electron chi connectivity index (χ1n) is 5.81. The van der Waals surface area contributed by atoms with Gasteiger partial charge in [0.25, 0.3) is 0 Å². The van der Waals surface area contributed by atoms with Crippen LogP contribution in [-0.2, 0) is 22.6 Å². The van der Waals surface area contributed by atoms with Crippen LogP contribution in [0.15, 0.2) is 24.3 Å². The summed E-state index contributed by atoms with van der Waals surface area (Å²) >= 11 is 5.82. The van der Waals surface area contributed by atoms with Crippen LogP contribution in [0.3, 0.4) is 0 Å². The second-order valence-electron chi connectivity index (χ2n) is 4.47. The van der Waals surface area contributed by atoms with Crippen LogP contribution in [-0.4, -0.2) is 28.1 Å². The maximum atomic E-state index is 12.0. The fourth-order valence-electron chi connectivity index (χ4n) is 2.24. The molecule has 0 aromatic heterocycles. The molecular formula is C13H15ClN2O2. The number of primary amides is 1. The van der Waals surface area contributed by atoms with Gasteiger partial charge in [-0.05, 0) is 18.1 Å². The number of hydrogen-bond donors (Lipinski definition) is 1. The Labute approximate surface area is 111 Å². The van der Waals surface area contributed by atoms with Crippen molar-refractivity contribution in [2.45, 2.75) is 31.3 Å². The van der Waals surface area contributed by atoms with E-state index in [1.807, 2.05) is 24.3 Å². The van der Waals surface area contributed by atoms with Gasteiger partial charge in [0.2, 0.25) is 11.8 Å². The van der Waals surface area contributed by atoms with Gasteiger partial charge in [-0.1, -0.05) is 24.3 Å². The van der Waals surface area contributed by atoms with Crippen molar-refractivity contribution in [1.29, 1.82) is 0 Å². The molecule has 2 N–H and O–H groups in total. The van der Waals surface area contributed by atoms with Crippen LogP contribution < -0.4 is 5.73 Å². The summed E-state index contributed by atoms with van der Waals surface area (Å²) < 4.78 is 0. The number of rotatable bonds is 2. The SMILES string of the molecule is CC(Cl)C(=O)N1Cc2ccccc2C[C@H]1C(N)=O. The maximum absolute atomic E-state index is 12.0. The van der Waals surface area contributed by atoms with E-state index in [0.717, 1.165) is 11.1 Å². The minimum atomic E-state index is -0.655. The van der Waals surface area contributed by atoms with Crippen LogP contribution >= 0.6 is 11.6 Å². The summed E-state index contributed by atoms with van der Waals surface area (Å²) in [5, 5.41) is -0.655. The lowest BCUT2D eigenvalue weighted by Crippen LogP contribution is -2.52. The molecule has 5 heteroatoms. The molecule has 0 aliphatic carbocycles. The molecule has 0 spiro atoms. The molecule has 0 saturated carbocycles. The van der Waals surface area contributed by atoms with Gasteiger partial charge in [-0.3, -0.25) is 9.59 Å². The van der Waals surface area contributed by atoms with E-state index in [4.69, 9.17) is 17.3 Å². The lowest BCUT2D eigenvalue weighted by atomic mass is 9.93. The third kappa shape index (κ3) is 2.34. The van der Waals surface area contributed by atoms with Crippen molar-refractivity contribution in [3.05, 3.63) is 35.4 Å². The molecule has 2 amide bonds. The lowest BCUT2D eigenvalue weighted by molar-refractivity contribution is -0.140. The second kappa shape index (κ2) is 4.98. The van der Waals surface area contributed by atoms with Crippen molar-refractivity contribution in [3.8, 4) is 0 Å². The number of alkyl halides is 1. The number of carbonyl (C=O) groups is 2. The Morgan fingerprint density at radius 2 is 2.00 bits per heavy atom. The van der Waals surface area contributed by atoms with Crippen molar-refractivity contribution in [1.82, 2.24) is 4.90 Å². The lowest BCUT2D eigenvalue weighted by Gasteiger charge is -2.35. The van der Waals surface area contributed by atoms with Crippen molar-refractivity contribution < 1.29 is 9.59 Å². The Balaban J connectivity index is 2.34. The topological polar surface area (TPSA) is 63.4 Å². The fraction of sp³-hybridized carbons (Fsp3) is 0.385. The number of halogens is 1. The zero-order chi connectivity index (χ0) is 13.3. The monoisotopic (exact) mass is 266 g/mol. The molecule has 1 aliphatic heterocycles. The van der Waals surface area contributed by atoms with E-state index in [0.29, 0.717) is 13.0 Å². The molecule has 0 radical (unpaired) electrons. The largest absolute Gasteiger partial charge is 0.368 e. The molecule has 4 nitrogen and oxygen atoms in total. The highest BCUT2D eigenvalue weighted by molar-refractivity contribution is 6.30. The van der Waals surface area contributed by atoms with Crippen molar-refractivity contribution >= 4 is 23.4 Å². The fourth-order valence-corrected chi connectivity index (χ4v) is 2.36. The summed E-state index contributed by atoms with van der Waals surface area (Å²) in [6.07, 6.45) is 0.459. The highest BCUT2D eigenvalue weighted by Gasteiger charge is 2.34. The molecule has 0 bridgehead atoms. The molecule has 96 valence electrons. The van der Waals surface area contributed by atoms with E-state index in [9.17, 15) is 9.59 Å². The summed E-state index contributed by atoms with van der Waals surface area (Å²) in [5.74, 6) is -0.745. The summed E-state index contributed by atoms with van der Waals surface area (Å²) in [6.45, 7) is 1.99. The number of amides is 2. The first kappa shape index (κ1) is 12.9. The zero-order valence-corrected chi connectivity index (χ0v) is 10.9. The summed E-state index contributed by atoms with van der Waals surface area (Å²) in [5.41, 5.74) is 7.48. The standard InChI is InChI=1S/C13H15ClN2O2/c1-8(14)13(18)16-7-10-5-3-2-4-9(10)6-11(16)12(15)17/h2-5,8,11H,6-7H2,1H3,(H2,15,17)/t8?,11-/m0/s1. The van der Waals surface area contributed by atoms with Crippen LogP contribution in [0.1, 0.15) is 18.1 Å². The van der Waals surface area contributed by atoms with Crippen molar-refractivity contribution in [2.75, 3.05) is 0 Å². The van der Waals surface area contributed by atoms with Crippen molar-refractivity contribution in [2.24, 2.45) is 5.73 Å². The molecule has 2 atom stereocenters. The quantitative estimate of drug-likeness (QED) is 0.814. The Hall–Kier alpha value is -1.55. The van der Waals surface area contributed by atoms with E-state index < -0.39 is 17.3 Å². The van der Waals surface area contributed by atoms with Gasteiger partial charge in [0.15, 0.2) is 0 Å². The van der Waals surface area contributed by atoms with E-state index in [1.165, 1.54) is 4.90 Å². The number of carbonyl (C=O) groups excluding carboxylic acids is 2. The molecule has 0 saturated heterocycles. The van der Waals surface area contributed by atoms with Gasteiger partial charge in [0, 0.05) is 13.0 Å². The molecular weight excluding hydrogens is 252 g/mol. The highest BCUT2D eigenvalue weighted by Crippen LogP contribution is 2.24. The van der Waals surface area contributed by atoms with Gasteiger partial charge in [0.05, 0.1) is 0 Å². The van der Waals surface area contributed by atoms with Crippen LogP contribution in [0.2, 0.25) is 0 Å². The number of nitrogens with two attached hydrogens (primary N) is 1. The number of nitrogens with zero attached hydrogens (tertiary/aromatic N) is 1. The second-order valence-corrected chi connectivity index (χ2v) is 5.13. The molecule has 1 aromatic carbocycles. The van der Waals surface area contributed by atoms with Gasteiger partial charge in [-0.25, -0.2) is 0 Å². The number of hydrogen-bond acceptors (Lipinski definition) is 2. The maximum Gasteiger partial charge on any atom is 0.241 e.